The molecule has 8 nitrogen and oxygen atoms in total. The van der Waals surface area contributed by atoms with E-state index in [-0.39, 0.29) is 43.1 Å². The molecule has 0 bridgehead atoms. The molecule has 1 aliphatic carbocycles. The third-order valence-corrected chi connectivity index (χ3v) is 4.72. The van der Waals surface area contributed by atoms with Crippen molar-refractivity contribution in [3.8, 4) is 0 Å². The highest BCUT2D eigenvalue weighted by Crippen LogP contribution is 2.17. The molecule has 1 aromatic rings. The maximum absolute atomic E-state index is 12.5. The molecule has 1 saturated carbocycles. The number of hydrogen-bond acceptors (Lipinski definition) is 5. The van der Waals surface area contributed by atoms with Gasteiger partial charge in [0.1, 0.15) is 5.82 Å². The zero-order valence-electron chi connectivity index (χ0n) is 16.5. The fraction of sp³-hybridized carbons (Fsp3) is 0.600. The highest BCUT2D eigenvalue weighted by atomic mass is 16.5. The number of anilines is 1. The van der Waals surface area contributed by atoms with E-state index >= 15 is 0 Å². The van der Waals surface area contributed by atoms with Crippen LogP contribution in [-0.2, 0) is 19.1 Å². The van der Waals surface area contributed by atoms with E-state index in [1.165, 1.54) is 11.3 Å². The summed E-state index contributed by atoms with van der Waals surface area (Å²) in [4.78, 5) is 42.3. The van der Waals surface area contributed by atoms with Crippen molar-refractivity contribution in [2.75, 3.05) is 32.1 Å². The topological polar surface area (TPSA) is 101 Å². The predicted molar refractivity (Wildman–Crippen MR) is 106 cm³/mol. The Balaban J connectivity index is 1.80. The molecular formula is C20H30N4O4. The molecule has 0 atom stereocenters. The SMILES string of the molecule is COCCN(CC(=O)NC1CCCCC1)C(=O)CCC(=O)Nc1ccccn1. The summed E-state index contributed by atoms with van der Waals surface area (Å²) in [7, 11) is 1.55. The van der Waals surface area contributed by atoms with Gasteiger partial charge in [0.15, 0.2) is 0 Å². The number of carbonyl (C=O) groups is 3. The van der Waals surface area contributed by atoms with E-state index < -0.39 is 0 Å². The maximum Gasteiger partial charge on any atom is 0.239 e. The lowest BCUT2D eigenvalue weighted by atomic mass is 9.95. The second-order valence-electron chi connectivity index (χ2n) is 6.97. The summed E-state index contributed by atoms with van der Waals surface area (Å²) >= 11 is 0. The summed E-state index contributed by atoms with van der Waals surface area (Å²) in [6.45, 7) is 0.637. The summed E-state index contributed by atoms with van der Waals surface area (Å²) in [6.07, 6.45) is 7.09. The Hall–Kier alpha value is -2.48. The number of hydrogen-bond donors (Lipinski definition) is 2. The molecule has 0 radical (unpaired) electrons. The van der Waals surface area contributed by atoms with Crippen LogP contribution in [0.15, 0.2) is 24.4 Å². The van der Waals surface area contributed by atoms with Crippen molar-refractivity contribution in [2.45, 2.75) is 51.0 Å². The van der Waals surface area contributed by atoms with Crippen LogP contribution in [0.25, 0.3) is 0 Å². The van der Waals surface area contributed by atoms with E-state index in [9.17, 15) is 14.4 Å². The molecule has 1 aromatic heterocycles. The van der Waals surface area contributed by atoms with Crippen LogP contribution in [-0.4, -0.2) is 60.5 Å². The normalized spacial score (nSPS) is 14.3. The second kappa shape index (κ2) is 12.1. The Morgan fingerprint density at radius 1 is 1.14 bits per heavy atom. The summed E-state index contributed by atoms with van der Waals surface area (Å²) in [5.41, 5.74) is 0. The number of amides is 3. The van der Waals surface area contributed by atoms with Gasteiger partial charge < -0.3 is 20.3 Å². The van der Waals surface area contributed by atoms with Crippen LogP contribution in [0.1, 0.15) is 44.9 Å². The number of pyridine rings is 1. The zero-order chi connectivity index (χ0) is 20.2. The summed E-state index contributed by atoms with van der Waals surface area (Å²) in [5.74, 6) is -0.241. The molecule has 1 aliphatic rings. The lowest BCUT2D eigenvalue weighted by Crippen LogP contribution is -2.45. The Kier molecular flexibility index (Phi) is 9.41. The predicted octanol–water partition coefficient (Wildman–Crippen LogP) is 1.72. The molecule has 8 heteroatoms. The van der Waals surface area contributed by atoms with E-state index in [2.05, 4.69) is 15.6 Å². The summed E-state index contributed by atoms with van der Waals surface area (Å²) < 4.78 is 5.05. The van der Waals surface area contributed by atoms with E-state index in [0.29, 0.717) is 19.0 Å². The van der Waals surface area contributed by atoms with Crippen molar-refractivity contribution in [2.24, 2.45) is 0 Å². The molecule has 1 heterocycles. The fourth-order valence-electron chi connectivity index (χ4n) is 3.21. The van der Waals surface area contributed by atoms with Crippen molar-refractivity contribution < 1.29 is 19.1 Å². The van der Waals surface area contributed by atoms with Gasteiger partial charge in [0, 0.05) is 38.7 Å². The zero-order valence-corrected chi connectivity index (χ0v) is 16.5. The second-order valence-corrected chi connectivity index (χ2v) is 6.97. The minimum absolute atomic E-state index is 0.0133. The van der Waals surface area contributed by atoms with Crippen LogP contribution < -0.4 is 10.6 Å². The molecule has 1 fully saturated rings. The Morgan fingerprint density at radius 3 is 2.61 bits per heavy atom. The largest absolute Gasteiger partial charge is 0.383 e. The van der Waals surface area contributed by atoms with Gasteiger partial charge in [-0.15, -0.1) is 0 Å². The highest BCUT2D eigenvalue weighted by Gasteiger charge is 2.21. The van der Waals surface area contributed by atoms with Gasteiger partial charge in [-0.2, -0.15) is 0 Å². The molecule has 0 spiro atoms. The van der Waals surface area contributed by atoms with Gasteiger partial charge in [0.25, 0.3) is 0 Å². The first-order valence-corrected chi connectivity index (χ1v) is 9.85. The van der Waals surface area contributed by atoms with E-state index in [4.69, 9.17) is 4.74 Å². The number of methoxy groups -OCH3 is 1. The third-order valence-electron chi connectivity index (χ3n) is 4.72. The molecule has 28 heavy (non-hydrogen) atoms. The Bertz CT molecular complexity index is 632. The van der Waals surface area contributed by atoms with Crippen LogP contribution >= 0.6 is 0 Å². The lowest BCUT2D eigenvalue weighted by molar-refractivity contribution is -0.137. The van der Waals surface area contributed by atoms with Crippen molar-refractivity contribution in [1.82, 2.24) is 15.2 Å². The van der Waals surface area contributed by atoms with Crippen LogP contribution in [0.2, 0.25) is 0 Å². The van der Waals surface area contributed by atoms with Gasteiger partial charge in [-0.05, 0) is 25.0 Å². The third kappa shape index (κ3) is 8.04. The van der Waals surface area contributed by atoms with Crippen molar-refractivity contribution in [3.63, 3.8) is 0 Å². The number of aromatic nitrogens is 1. The molecular weight excluding hydrogens is 360 g/mol. The minimum atomic E-state index is -0.287. The average Bonchev–Trinajstić information content (AvgIpc) is 2.70. The molecule has 0 unspecified atom stereocenters. The van der Waals surface area contributed by atoms with Crippen molar-refractivity contribution in [1.29, 1.82) is 0 Å². The fourth-order valence-corrected chi connectivity index (χ4v) is 3.21. The smallest absolute Gasteiger partial charge is 0.239 e. The van der Waals surface area contributed by atoms with Gasteiger partial charge in [-0.25, -0.2) is 4.98 Å². The maximum atomic E-state index is 12.5. The molecule has 0 aliphatic heterocycles. The first-order chi connectivity index (χ1) is 13.6. The van der Waals surface area contributed by atoms with Crippen molar-refractivity contribution in [3.05, 3.63) is 24.4 Å². The number of ether oxygens (including phenoxy) is 1. The molecule has 3 amide bonds. The number of nitrogens with one attached hydrogen (secondary N) is 2. The number of nitrogens with zero attached hydrogens (tertiary/aromatic N) is 2. The minimum Gasteiger partial charge on any atom is -0.383 e. The monoisotopic (exact) mass is 390 g/mol. The Morgan fingerprint density at radius 2 is 1.93 bits per heavy atom. The van der Waals surface area contributed by atoms with Gasteiger partial charge in [-0.1, -0.05) is 25.3 Å². The highest BCUT2D eigenvalue weighted by molar-refractivity contribution is 5.93. The first kappa shape index (κ1) is 21.8. The van der Waals surface area contributed by atoms with E-state index in [0.717, 1.165) is 25.7 Å². The van der Waals surface area contributed by atoms with Crippen molar-refractivity contribution >= 4 is 23.5 Å². The standard InChI is InChI=1S/C20H30N4O4/c1-28-14-13-24(15-19(26)22-16-7-3-2-4-8-16)20(27)11-10-18(25)23-17-9-5-6-12-21-17/h5-6,9,12,16H,2-4,7-8,10-11,13-15H2,1H3,(H,22,26)(H,21,23,25). The van der Waals surface area contributed by atoms with Gasteiger partial charge in [-0.3, -0.25) is 14.4 Å². The number of rotatable bonds is 10. The molecule has 154 valence electrons. The average molecular weight is 390 g/mol. The van der Waals surface area contributed by atoms with Gasteiger partial charge >= 0.3 is 0 Å². The lowest BCUT2D eigenvalue weighted by Gasteiger charge is -2.26. The van der Waals surface area contributed by atoms with Gasteiger partial charge in [0.2, 0.25) is 17.7 Å². The molecule has 0 saturated heterocycles. The van der Waals surface area contributed by atoms with Crippen LogP contribution in [0, 0.1) is 0 Å². The van der Waals surface area contributed by atoms with E-state index in [1.54, 1.807) is 31.5 Å². The summed E-state index contributed by atoms with van der Waals surface area (Å²) in [5, 5.41) is 5.67. The quantitative estimate of drug-likeness (QED) is 0.634. The van der Waals surface area contributed by atoms with Crippen LogP contribution in [0.5, 0.6) is 0 Å². The summed E-state index contributed by atoms with van der Waals surface area (Å²) in [6, 6.07) is 5.40. The molecule has 2 N–H and O–H groups in total. The Labute approximate surface area is 166 Å². The number of carbonyl (C=O) groups excluding carboxylic acids is 3. The van der Waals surface area contributed by atoms with Gasteiger partial charge in [0.05, 0.1) is 13.2 Å². The van der Waals surface area contributed by atoms with Crippen LogP contribution in [0.4, 0.5) is 5.82 Å². The molecule has 2 rings (SSSR count). The molecule has 0 aromatic carbocycles. The first-order valence-electron chi connectivity index (χ1n) is 9.85. The van der Waals surface area contributed by atoms with Crippen LogP contribution in [0.3, 0.4) is 0 Å². The van der Waals surface area contributed by atoms with E-state index in [1.807, 2.05) is 0 Å².